The lowest BCUT2D eigenvalue weighted by molar-refractivity contribution is 0.668. The summed E-state index contributed by atoms with van der Waals surface area (Å²) in [6.07, 6.45) is 0. The van der Waals surface area contributed by atoms with Crippen molar-refractivity contribution in [2.24, 2.45) is 0 Å². The third kappa shape index (κ3) is 15.6. The van der Waals surface area contributed by atoms with Gasteiger partial charge in [-0.2, -0.15) is 0 Å². The normalized spacial score (nSPS) is 11.6. The van der Waals surface area contributed by atoms with Gasteiger partial charge in [0.1, 0.15) is 33.5 Å². The van der Waals surface area contributed by atoms with Crippen molar-refractivity contribution in [3.63, 3.8) is 0 Å². The lowest BCUT2D eigenvalue weighted by Gasteiger charge is -2.11. The van der Waals surface area contributed by atoms with Gasteiger partial charge in [0.05, 0.1) is 33.1 Å². The number of rotatable bonds is 15. The van der Waals surface area contributed by atoms with Crippen LogP contribution in [0, 0.1) is 0 Å². The standard InChI is InChI=1S/3C45H28N4O/c1-3-13-29(14-4-1)30-25-27-31(28-26-30)43-46-44(48-45(47-43)36-20-12-24-40-42(36)34-18-8-10-23-39(34)50-40)35-19-11-22-38-41(35)33-17-7-9-21-37(33)49(38)32-15-5-2-6-16-32;1-3-12-29(13-4-1)30-22-24-31(25-23-30)43-46-44(32-26-27-35-34-16-8-10-21-40(34)50-41(35)28-32)48-45(47-43)37-18-11-20-39-42(37)36-17-7-9-19-38(36)49(39)33-14-5-2-6-15-33;1-3-12-29(13-4-1)30-22-24-31(25-23-30)43-46-44(32-26-27-41-37(28-32)34-16-8-10-21-40(34)50-41)48-45(47-43)36-18-11-20-39-42(36)35-17-7-9-19-38(35)49(39)33-14-5-2-6-15-33/h3*1-28H. The summed E-state index contributed by atoms with van der Waals surface area (Å²) in [5.74, 6) is 5.47. The van der Waals surface area contributed by atoms with Gasteiger partial charge < -0.3 is 27.0 Å². The molecule has 702 valence electrons. The largest absolute Gasteiger partial charge is 0.456 e. The van der Waals surface area contributed by atoms with Crippen molar-refractivity contribution in [2.45, 2.75) is 0 Å². The van der Waals surface area contributed by atoms with E-state index in [0.717, 1.165) is 232 Å². The molecule has 0 N–H and O–H groups in total. The Labute approximate surface area is 859 Å². The van der Waals surface area contributed by atoms with E-state index in [1.165, 1.54) is 0 Å². The Hall–Kier alpha value is -20.6. The predicted molar refractivity (Wildman–Crippen MR) is 610 cm³/mol. The first-order valence-electron chi connectivity index (χ1n) is 50.1. The Balaban J connectivity index is 0.000000108. The maximum absolute atomic E-state index is 6.28. The van der Waals surface area contributed by atoms with Gasteiger partial charge in [-0.3, -0.25) is 0 Å². The van der Waals surface area contributed by atoms with E-state index in [1.807, 2.05) is 121 Å². The zero-order valence-corrected chi connectivity index (χ0v) is 80.6. The van der Waals surface area contributed by atoms with Gasteiger partial charge in [0.2, 0.25) is 0 Å². The summed E-state index contributed by atoms with van der Waals surface area (Å²) in [5, 5.41) is 13.0. The van der Waals surface area contributed by atoms with E-state index in [4.69, 9.17) is 58.1 Å². The first-order valence-corrected chi connectivity index (χ1v) is 50.1. The van der Waals surface area contributed by atoms with Crippen LogP contribution in [0.25, 0.3) is 284 Å². The average molecular weight is 1920 g/mol. The van der Waals surface area contributed by atoms with Crippen LogP contribution in [-0.2, 0) is 0 Å². The monoisotopic (exact) mass is 1920 g/mol. The highest BCUT2D eigenvalue weighted by Crippen LogP contribution is 2.47. The Morgan fingerprint density at radius 2 is 0.360 bits per heavy atom. The number of aromatic nitrogens is 12. The number of para-hydroxylation sites is 9. The van der Waals surface area contributed by atoms with E-state index < -0.39 is 0 Å². The SMILES string of the molecule is c1ccc(-c2ccc(-c3nc(-c4ccc5c(c4)oc4ccccc45)nc(-c4cccc5c4c4ccccc4n5-c4ccccc4)n3)cc2)cc1.c1ccc(-c2ccc(-c3nc(-c4ccc5oc6ccccc6c5c4)nc(-c4cccc5c4c4ccccc4n5-c4ccccc4)n3)cc2)cc1.c1ccc(-c2ccc(-c3nc(-c4cccc5oc6ccccc6c45)nc(-c4cccc5c4c4ccccc4n5-c4ccccc4)n3)cc2)cc1. The highest BCUT2D eigenvalue weighted by molar-refractivity contribution is 6.19. The highest BCUT2D eigenvalue weighted by atomic mass is 16.3. The second-order valence-corrected chi connectivity index (χ2v) is 37.3. The molecule has 0 radical (unpaired) electrons. The van der Waals surface area contributed by atoms with Crippen molar-refractivity contribution in [1.29, 1.82) is 0 Å². The van der Waals surface area contributed by atoms with Crippen LogP contribution in [0.2, 0.25) is 0 Å². The van der Waals surface area contributed by atoms with Gasteiger partial charge in [-0.15, -0.1) is 0 Å². The fourth-order valence-corrected chi connectivity index (χ4v) is 21.5. The maximum Gasteiger partial charge on any atom is 0.164 e. The zero-order chi connectivity index (χ0) is 99.1. The molecule has 30 rings (SSSR count). The maximum atomic E-state index is 6.28. The van der Waals surface area contributed by atoms with Crippen LogP contribution in [0.5, 0.6) is 0 Å². The van der Waals surface area contributed by atoms with E-state index in [1.54, 1.807) is 0 Å². The van der Waals surface area contributed by atoms with Crippen molar-refractivity contribution in [3.05, 3.63) is 510 Å². The number of furan rings is 3. The predicted octanol–water partition coefficient (Wildman–Crippen LogP) is 34.6. The van der Waals surface area contributed by atoms with E-state index in [9.17, 15) is 0 Å². The molecule has 0 atom stereocenters. The topological polar surface area (TPSA) is 170 Å². The van der Waals surface area contributed by atoms with Gasteiger partial charge >= 0.3 is 0 Å². The molecule has 30 aromatic rings. The summed E-state index contributed by atoms with van der Waals surface area (Å²) >= 11 is 0. The van der Waals surface area contributed by atoms with Crippen molar-refractivity contribution in [1.82, 2.24) is 58.6 Å². The van der Waals surface area contributed by atoms with E-state index >= 15 is 0 Å². The van der Waals surface area contributed by atoms with Crippen LogP contribution in [0.3, 0.4) is 0 Å². The molecule has 9 aromatic heterocycles. The molecule has 0 aliphatic heterocycles. The van der Waals surface area contributed by atoms with E-state index in [-0.39, 0.29) is 0 Å². The molecule has 0 amide bonds. The van der Waals surface area contributed by atoms with Crippen LogP contribution in [-0.4, -0.2) is 58.6 Å². The fraction of sp³-hybridized carbons (Fsp3) is 0. The molecule has 0 aliphatic carbocycles. The summed E-state index contributed by atoms with van der Waals surface area (Å²) < 4.78 is 25.7. The summed E-state index contributed by atoms with van der Waals surface area (Å²) in [6.45, 7) is 0. The Kier molecular flexibility index (Phi) is 21.5. The first-order chi connectivity index (χ1) is 74.4. The molecule has 0 unspecified atom stereocenters. The summed E-state index contributed by atoms with van der Waals surface area (Å²) in [5.41, 5.74) is 30.1. The van der Waals surface area contributed by atoms with Gasteiger partial charge in [0, 0.05) is 132 Å². The molecule has 0 saturated carbocycles. The quantitative estimate of drug-likeness (QED) is 0.0953. The smallest absolute Gasteiger partial charge is 0.164 e. The molecule has 0 bridgehead atoms. The summed E-state index contributed by atoms with van der Waals surface area (Å²) in [6, 6.07) is 176. The molecular formula is C135H84N12O3. The van der Waals surface area contributed by atoms with Crippen molar-refractivity contribution in [2.75, 3.05) is 0 Å². The van der Waals surface area contributed by atoms with E-state index in [0.29, 0.717) is 52.4 Å². The number of fused-ring (bicyclic) bond motifs is 18. The van der Waals surface area contributed by atoms with Crippen molar-refractivity contribution >= 4 is 131 Å². The Bertz CT molecular complexity index is 10400. The summed E-state index contributed by atoms with van der Waals surface area (Å²) in [4.78, 5) is 46.6. The molecule has 0 fully saturated rings. The lowest BCUT2D eigenvalue weighted by atomic mass is 10.0. The highest BCUT2D eigenvalue weighted by Gasteiger charge is 2.28. The number of benzene rings is 21. The van der Waals surface area contributed by atoms with Crippen molar-refractivity contribution in [3.8, 4) is 153 Å². The minimum Gasteiger partial charge on any atom is -0.456 e. The van der Waals surface area contributed by atoms with Gasteiger partial charge in [-0.25, -0.2) is 44.9 Å². The fourth-order valence-electron chi connectivity index (χ4n) is 21.5. The Morgan fingerprint density at radius 3 is 0.753 bits per heavy atom. The van der Waals surface area contributed by atoms with Crippen molar-refractivity contribution < 1.29 is 13.3 Å². The Morgan fingerprint density at radius 1 is 0.127 bits per heavy atom. The van der Waals surface area contributed by atoms with Crippen LogP contribution < -0.4 is 0 Å². The third-order valence-corrected chi connectivity index (χ3v) is 28.4. The number of nitrogens with zero attached hydrogens (tertiary/aromatic N) is 12. The second kappa shape index (κ2) is 37.0. The van der Waals surface area contributed by atoms with Gasteiger partial charge in [-0.1, -0.05) is 382 Å². The third-order valence-electron chi connectivity index (χ3n) is 28.4. The lowest BCUT2D eigenvalue weighted by Crippen LogP contribution is -2.01. The molecule has 0 saturated heterocycles. The molecule has 21 aromatic carbocycles. The van der Waals surface area contributed by atoms with Crippen LogP contribution in [0.15, 0.2) is 523 Å². The first kappa shape index (κ1) is 87.3. The minimum absolute atomic E-state index is 0.586. The average Bonchev–Trinajstić information content (AvgIpc) is 1.59. The number of hydrogen-bond acceptors (Lipinski definition) is 12. The molecular weight excluding hydrogens is 1840 g/mol. The number of hydrogen-bond donors (Lipinski definition) is 0. The van der Waals surface area contributed by atoms with E-state index in [2.05, 4.69) is 402 Å². The molecule has 15 heteroatoms. The van der Waals surface area contributed by atoms with Crippen LogP contribution >= 0.6 is 0 Å². The van der Waals surface area contributed by atoms with Gasteiger partial charge in [0.15, 0.2) is 52.4 Å². The molecule has 0 aliphatic rings. The van der Waals surface area contributed by atoms with Gasteiger partial charge in [-0.05, 0) is 161 Å². The summed E-state index contributed by atoms with van der Waals surface area (Å²) in [7, 11) is 0. The molecule has 150 heavy (non-hydrogen) atoms. The second-order valence-electron chi connectivity index (χ2n) is 37.3. The van der Waals surface area contributed by atoms with Crippen LogP contribution in [0.4, 0.5) is 0 Å². The zero-order valence-electron chi connectivity index (χ0n) is 80.6. The minimum atomic E-state index is 0.586. The molecule has 9 heterocycles. The molecule has 0 spiro atoms. The van der Waals surface area contributed by atoms with Crippen LogP contribution in [0.1, 0.15) is 0 Å². The molecule has 15 nitrogen and oxygen atoms in total. The van der Waals surface area contributed by atoms with Gasteiger partial charge in [0.25, 0.3) is 0 Å².